The zero-order valence-electron chi connectivity index (χ0n) is 14.6. The number of non-ortho nitro benzene ring substituents is 1. The molecule has 0 radical (unpaired) electrons. The second-order valence-electron chi connectivity index (χ2n) is 5.69. The Morgan fingerprint density at radius 1 is 1.31 bits per heavy atom. The molecule has 0 unspecified atom stereocenters. The predicted octanol–water partition coefficient (Wildman–Crippen LogP) is 3.29. The van der Waals surface area contributed by atoms with Gasteiger partial charge in [0.05, 0.1) is 15.5 Å². The number of carboxylic acid groups (broad SMARTS) is 1. The maximum atomic E-state index is 12.7. The van der Waals surface area contributed by atoms with E-state index in [1.54, 1.807) is 30.3 Å². The Balaban J connectivity index is 1.73. The molecule has 2 aromatic carbocycles. The fraction of sp³-hybridized carbons (Fsp3) is 0.0556. The van der Waals surface area contributed by atoms with Gasteiger partial charge in [0.15, 0.2) is 10.9 Å². The van der Waals surface area contributed by atoms with Crippen molar-refractivity contribution >= 4 is 57.6 Å². The maximum Gasteiger partial charge on any atom is 0.341 e. The van der Waals surface area contributed by atoms with Crippen LogP contribution in [0.4, 0.5) is 11.4 Å². The number of aliphatic carboxylic acids is 1. The Morgan fingerprint density at radius 2 is 2.03 bits per heavy atom. The van der Waals surface area contributed by atoms with Gasteiger partial charge in [-0.1, -0.05) is 23.9 Å². The number of amides is 1. The summed E-state index contributed by atoms with van der Waals surface area (Å²) in [4.78, 5) is 33.9. The molecule has 1 fully saturated rings. The molecule has 0 aromatic heterocycles. The van der Waals surface area contributed by atoms with Crippen molar-refractivity contribution in [3.05, 3.63) is 69.1 Å². The standard InChI is InChI=1S/C18H13N3O6S2/c22-16(23)10-27-14-3-1-2-11(8-14)9-15-17(24)20(18(28)29-15)19-12-4-6-13(7-5-12)21(25)26/h1-9,19H,10H2,(H,22,23)/b15-9+. The number of ether oxygens (including phenoxy) is 1. The Labute approximate surface area is 174 Å². The lowest BCUT2D eigenvalue weighted by Crippen LogP contribution is -2.33. The maximum absolute atomic E-state index is 12.7. The van der Waals surface area contributed by atoms with Crippen LogP contribution in [0.2, 0.25) is 0 Å². The number of nitrogens with one attached hydrogen (secondary N) is 1. The highest BCUT2D eigenvalue weighted by Gasteiger charge is 2.32. The molecule has 3 rings (SSSR count). The quantitative estimate of drug-likeness (QED) is 0.294. The van der Waals surface area contributed by atoms with Crippen molar-refractivity contribution < 1.29 is 24.4 Å². The van der Waals surface area contributed by atoms with Crippen LogP contribution in [0.25, 0.3) is 6.08 Å². The van der Waals surface area contributed by atoms with Gasteiger partial charge >= 0.3 is 5.97 Å². The zero-order chi connectivity index (χ0) is 21.0. The number of hydrogen-bond donors (Lipinski definition) is 2. The van der Waals surface area contributed by atoms with Crippen LogP contribution in [0.15, 0.2) is 53.4 Å². The van der Waals surface area contributed by atoms with Crippen molar-refractivity contribution in [2.45, 2.75) is 0 Å². The van der Waals surface area contributed by atoms with Gasteiger partial charge < -0.3 is 9.84 Å². The first-order chi connectivity index (χ1) is 13.8. The number of nitro groups is 1. The van der Waals surface area contributed by atoms with E-state index in [-0.39, 0.29) is 15.9 Å². The molecule has 0 aliphatic carbocycles. The van der Waals surface area contributed by atoms with Gasteiger partial charge in [-0.05, 0) is 48.1 Å². The van der Waals surface area contributed by atoms with Gasteiger partial charge in [0, 0.05) is 12.1 Å². The third-order valence-electron chi connectivity index (χ3n) is 3.63. The smallest absolute Gasteiger partial charge is 0.341 e. The number of carbonyl (C=O) groups excluding carboxylic acids is 1. The van der Waals surface area contributed by atoms with Gasteiger partial charge in [-0.3, -0.25) is 20.3 Å². The second-order valence-corrected chi connectivity index (χ2v) is 7.36. The number of thiocarbonyl (C=S) groups is 1. The number of carbonyl (C=O) groups is 2. The number of hydrazine groups is 1. The number of benzene rings is 2. The number of hydrogen-bond acceptors (Lipinski definition) is 8. The molecular weight excluding hydrogens is 418 g/mol. The molecule has 148 valence electrons. The van der Waals surface area contributed by atoms with Crippen LogP contribution in [0, 0.1) is 10.1 Å². The predicted molar refractivity (Wildman–Crippen MR) is 111 cm³/mol. The van der Waals surface area contributed by atoms with Crippen LogP contribution in [-0.4, -0.2) is 37.8 Å². The van der Waals surface area contributed by atoms with E-state index in [0.717, 1.165) is 11.8 Å². The Kier molecular flexibility index (Phi) is 6.10. The van der Waals surface area contributed by atoms with Gasteiger partial charge in [0.1, 0.15) is 5.75 Å². The molecule has 0 atom stereocenters. The van der Waals surface area contributed by atoms with E-state index in [4.69, 9.17) is 22.1 Å². The van der Waals surface area contributed by atoms with Gasteiger partial charge in [0.2, 0.25) is 0 Å². The largest absolute Gasteiger partial charge is 0.482 e. The Bertz CT molecular complexity index is 1020. The molecular formula is C18H13N3O6S2. The van der Waals surface area contributed by atoms with Crippen molar-refractivity contribution in [2.75, 3.05) is 12.0 Å². The van der Waals surface area contributed by atoms with E-state index < -0.39 is 17.5 Å². The molecule has 2 aromatic rings. The number of anilines is 1. The summed E-state index contributed by atoms with van der Waals surface area (Å²) in [6.07, 6.45) is 1.62. The Hall–Kier alpha value is -3.44. The van der Waals surface area contributed by atoms with Crippen molar-refractivity contribution in [3.63, 3.8) is 0 Å². The fourth-order valence-electron chi connectivity index (χ4n) is 2.34. The van der Waals surface area contributed by atoms with E-state index in [1.807, 2.05) is 0 Å². The number of nitrogens with zero attached hydrogens (tertiary/aromatic N) is 2. The van der Waals surface area contributed by atoms with Crippen LogP contribution < -0.4 is 10.2 Å². The lowest BCUT2D eigenvalue weighted by molar-refractivity contribution is -0.384. The zero-order valence-corrected chi connectivity index (χ0v) is 16.2. The fourth-order valence-corrected chi connectivity index (χ4v) is 3.52. The van der Waals surface area contributed by atoms with Crippen molar-refractivity contribution in [1.82, 2.24) is 5.01 Å². The summed E-state index contributed by atoms with van der Waals surface area (Å²) in [5.74, 6) is -1.11. The molecule has 1 amide bonds. The van der Waals surface area contributed by atoms with Crippen LogP contribution in [0.1, 0.15) is 5.56 Å². The molecule has 9 nitrogen and oxygen atoms in total. The molecule has 0 bridgehead atoms. The minimum absolute atomic E-state index is 0.0640. The molecule has 1 heterocycles. The van der Waals surface area contributed by atoms with Crippen LogP contribution in [-0.2, 0) is 9.59 Å². The van der Waals surface area contributed by atoms with E-state index in [1.165, 1.54) is 29.3 Å². The van der Waals surface area contributed by atoms with Crippen LogP contribution in [0.3, 0.4) is 0 Å². The van der Waals surface area contributed by atoms with Crippen LogP contribution in [0.5, 0.6) is 5.75 Å². The Morgan fingerprint density at radius 3 is 2.69 bits per heavy atom. The first-order valence-corrected chi connectivity index (χ1v) is 9.29. The highest BCUT2D eigenvalue weighted by atomic mass is 32.2. The lowest BCUT2D eigenvalue weighted by atomic mass is 10.2. The number of rotatable bonds is 7. The minimum atomic E-state index is -1.09. The lowest BCUT2D eigenvalue weighted by Gasteiger charge is -2.16. The highest BCUT2D eigenvalue weighted by Crippen LogP contribution is 2.33. The van der Waals surface area contributed by atoms with Gasteiger partial charge in [-0.25, -0.2) is 9.80 Å². The third-order valence-corrected chi connectivity index (χ3v) is 4.93. The average molecular weight is 431 g/mol. The summed E-state index contributed by atoms with van der Waals surface area (Å²) in [7, 11) is 0. The number of carboxylic acids is 1. The first-order valence-electron chi connectivity index (χ1n) is 8.07. The van der Waals surface area contributed by atoms with Gasteiger partial charge in [-0.15, -0.1) is 0 Å². The molecule has 0 saturated carbocycles. The minimum Gasteiger partial charge on any atom is -0.482 e. The SMILES string of the molecule is O=C(O)COc1cccc(/C=C2/SC(=S)N(Nc3ccc([N+](=O)[O-])cc3)C2=O)c1. The molecule has 29 heavy (non-hydrogen) atoms. The molecule has 11 heteroatoms. The number of thioether (sulfide) groups is 1. The van der Waals surface area contributed by atoms with Crippen molar-refractivity contribution in [1.29, 1.82) is 0 Å². The molecule has 2 N–H and O–H groups in total. The summed E-state index contributed by atoms with van der Waals surface area (Å²) in [5, 5.41) is 20.6. The summed E-state index contributed by atoms with van der Waals surface area (Å²) < 4.78 is 5.41. The van der Waals surface area contributed by atoms with Crippen molar-refractivity contribution in [2.24, 2.45) is 0 Å². The first kappa shape index (κ1) is 20.3. The molecule has 1 aliphatic heterocycles. The summed E-state index contributed by atoms with van der Waals surface area (Å²) >= 11 is 6.33. The second kappa shape index (κ2) is 8.71. The van der Waals surface area contributed by atoms with Crippen LogP contribution >= 0.6 is 24.0 Å². The molecule has 0 spiro atoms. The highest BCUT2D eigenvalue weighted by molar-refractivity contribution is 8.26. The van der Waals surface area contributed by atoms with E-state index in [0.29, 0.717) is 21.9 Å². The number of nitro benzene ring substituents is 1. The molecule has 1 aliphatic rings. The third kappa shape index (κ3) is 5.09. The summed E-state index contributed by atoms with van der Waals surface area (Å²) in [6.45, 7) is -0.468. The van der Waals surface area contributed by atoms with E-state index in [9.17, 15) is 19.7 Å². The average Bonchev–Trinajstić information content (AvgIpc) is 2.94. The normalized spacial score (nSPS) is 14.9. The summed E-state index contributed by atoms with van der Waals surface area (Å²) in [5.41, 5.74) is 3.88. The monoisotopic (exact) mass is 431 g/mol. The van der Waals surface area contributed by atoms with Crippen molar-refractivity contribution in [3.8, 4) is 5.75 Å². The summed E-state index contributed by atoms with van der Waals surface area (Å²) in [6, 6.07) is 12.2. The van der Waals surface area contributed by atoms with E-state index >= 15 is 0 Å². The topological polar surface area (TPSA) is 122 Å². The van der Waals surface area contributed by atoms with Gasteiger partial charge in [-0.2, -0.15) is 0 Å². The van der Waals surface area contributed by atoms with E-state index in [2.05, 4.69) is 5.43 Å². The molecule has 1 saturated heterocycles. The van der Waals surface area contributed by atoms with Gasteiger partial charge in [0.25, 0.3) is 11.6 Å².